The molecule has 1 aliphatic heterocycles. The highest BCUT2D eigenvalue weighted by Crippen LogP contribution is 2.22. The Balaban J connectivity index is 1.95. The van der Waals surface area contributed by atoms with Crippen molar-refractivity contribution < 1.29 is 5.11 Å². The molecule has 0 amide bonds. The van der Waals surface area contributed by atoms with Crippen molar-refractivity contribution in [3.8, 4) is 0 Å². The summed E-state index contributed by atoms with van der Waals surface area (Å²) in [5.41, 5.74) is 4.00. The summed E-state index contributed by atoms with van der Waals surface area (Å²) in [5.74, 6) is 0. The zero-order chi connectivity index (χ0) is 11.4. The summed E-state index contributed by atoms with van der Waals surface area (Å²) in [6.45, 7) is 4.36. The molecule has 88 valence electrons. The predicted octanol–water partition coefficient (Wildman–Crippen LogP) is 1.52. The summed E-state index contributed by atoms with van der Waals surface area (Å²) < 4.78 is 0. The van der Waals surface area contributed by atoms with Gasteiger partial charge in [0.05, 0.1) is 6.10 Å². The number of anilines is 1. The summed E-state index contributed by atoms with van der Waals surface area (Å²) >= 11 is 0. The van der Waals surface area contributed by atoms with E-state index in [-0.39, 0.29) is 6.10 Å². The molecular formula is C13H20N2O. The maximum Gasteiger partial charge on any atom is 0.0636 e. The lowest BCUT2D eigenvalue weighted by Gasteiger charge is -2.18. The van der Waals surface area contributed by atoms with Crippen LogP contribution in [-0.2, 0) is 13.0 Å². The number of rotatable bonds is 4. The Kier molecular flexibility index (Phi) is 3.80. The van der Waals surface area contributed by atoms with Crippen LogP contribution in [0.5, 0.6) is 0 Å². The molecule has 3 nitrogen and oxygen atoms in total. The Labute approximate surface area is 96.9 Å². The summed E-state index contributed by atoms with van der Waals surface area (Å²) in [7, 11) is 0. The minimum absolute atomic E-state index is 0.278. The fourth-order valence-corrected chi connectivity index (χ4v) is 2.06. The molecule has 1 aliphatic rings. The van der Waals surface area contributed by atoms with Gasteiger partial charge in [-0.15, -0.1) is 0 Å². The van der Waals surface area contributed by atoms with E-state index in [1.54, 1.807) is 6.92 Å². The zero-order valence-corrected chi connectivity index (χ0v) is 9.79. The van der Waals surface area contributed by atoms with Crippen molar-refractivity contribution in [1.82, 2.24) is 5.32 Å². The van der Waals surface area contributed by atoms with E-state index in [1.807, 2.05) is 0 Å². The quantitative estimate of drug-likeness (QED) is 0.721. The van der Waals surface area contributed by atoms with Crippen LogP contribution in [-0.4, -0.2) is 24.3 Å². The Morgan fingerprint density at radius 3 is 3.19 bits per heavy atom. The Hall–Kier alpha value is -1.06. The average Bonchev–Trinajstić information content (AvgIpc) is 2.28. The number of hydrogen-bond acceptors (Lipinski definition) is 3. The van der Waals surface area contributed by atoms with Crippen molar-refractivity contribution in [3.05, 3.63) is 29.3 Å². The second-order valence-electron chi connectivity index (χ2n) is 4.50. The van der Waals surface area contributed by atoms with E-state index in [0.29, 0.717) is 6.54 Å². The fourth-order valence-electron chi connectivity index (χ4n) is 2.06. The number of aliphatic hydroxyl groups is 1. The maximum atomic E-state index is 9.15. The van der Waals surface area contributed by atoms with Gasteiger partial charge in [0.15, 0.2) is 0 Å². The second-order valence-corrected chi connectivity index (χ2v) is 4.50. The van der Waals surface area contributed by atoms with Gasteiger partial charge in [-0.05, 0) is 37.0 Å². The highest BCUT2D eigenvalue weighted by atomic mass is 16.3. The molecular weight excluding hydrogens is 200 g/mol. The van der Waals surface area contributed by atoms with Crippen molar-refractivity contribution in [3.63, 3.8) is 0 Å². The number of hydrogen-bond donors (Lipinski definition) is 3. The first kappa shape index (κ1) is 11.4. The van der Waals surface area contributed by atoms with Crippen molar-refractivity contribution in [2.24, 2.45) is 0 Å². The third kappa shape index (κ3) is 2.97. The molecule has 0 unspecified atom stereocenters. The average molecular weight is 220 g/mol. The lowest BCUT2D eigenvalue weighted by atomic mass is 10.0. The first-order valence-corrected chi connectivity index (χ1v) is 6.00. The van der Waals surface area contributed by atoms with Gasteiger partial charge in [0.2, 0.25) is 0 Å². The van der Waals surface area contributed by atoms with Gasteiger partial charge in [0, 0.05) is 25.3 Å². The summed E-state index contributed by atoms with van der Waals surface area (Å²) in [6.07, 6.45) is 2.11. The maximum absolute atomic E-state index is 9.15. The van der Waals surface area contributed by atoms with Crippen LogP contribution in [0.1, 0.15) is 24.5 Å². The van der Waals surface area contributed by atoms with E-state index in [2.05, 4.69) is 28.8 Å². The van der Waals surface area contributed by atoms with Gasteiger partial charge in [-0.1, -0.05) is 12.1 Å². The number of aryl methyl sites for hydroxylation is 1. The van der Waals surface area contributed by atoms with Gasteiger partial charge in [0.1, 0.15) is 0 Å². The molecule has 0 saturated heterocycles. The molecule has 1 aromatic carbocycles. The normalized spacial score (nSPS) is 16.4. The molecule has 0 fully saturated rings. The van der Waals surface area contributed by atoms with Crippen LogP contribution in [0.4, 0.5) is 5.69 Å². The van der Waals surface area contributed by atoms with Crippen LogP contribution in [0.2, 0.25) is 0 Å². The molecule has 3 heteroatoms. The first-order chi connectivity index (χ1) is 7.75. The minimum atomic E-state index is -0.278. The number of benzene rings is 1. The van der Waals surface area contributed by atoms with Crippen molar-refractivity contribution in [2.75, 3.05) is 18.4 Å². The summed E-state index contributed by atoms with van der Waals surface area (Å²) in [4.78, 5) is 0. The van der Waals surface area contributed by atoms with Crippen LogP contribution in [0, 0.1) is 0 Å². The van der Waals surface area contributed by atoms with Crippen LogP contribution in [0.25, 0.3) is 0 Å². The van der Waals surface area contributed by atoms with E-state index in [9.17, 15) is 0 Å². The monoisotopic (exact) mass is 220 g/mol. The fraction of sp³-hybridized carbons (Fsp3) is 0.538. The third-order valence-corrected chi connectivity index (χ3v) is 2.88. The minimum Gasteiger partial charge on any atom is -0.392 e. The highest BCUT2D eigenvalue weighted by molar-refractivity contribution is 5.54. The Bertz CT molecular complexity index is 350. The van der Waals surface area contributed by atoms with Gasteiger partial charge in [0.25, 0.3) is 0 Å². The zero-order valence-electron chi connectivity index (χ0n) is 9.79. The number of aliphatic hydroxyl groups excluding tert-OH is 1. The molecule has 1 heterocycles. The van der Waals surface area contributed by atoms with Gasteiger partial charge < -0.3 is 15.7 Å². The molecule has 0 saturated carbocycles. The van der Waals surface area contributed by atoms with Crippen LogP contribution >= 0.6 is 0 Å². The summed E-state index contributed by atoms with van der Waals surface area (Å²) in [5, 5.41) is 15.8. The SMILES string of the molecule is C[C@H](O)CNCc1ccc2c(c1)CCCN2. The molecule has 1 atom stereocenters. The molecule has 0 bridgehead atoms. The van der Waals surface area contributed by atoms with Gasteiger partial charge >= 0.3 is 0 Å². The molecule has 0 radical (unpaired) electrons. The van der Waals surface area contributed by atoms with Crippen molar-refractivity contribution in [2.45, 2.75) is 32.4 Å². The van der Waals surface area contributed by atoms with Crippen LogP contribution in [0.3, 0.4) is 0 Å². The Morgan fingerprint density at radius 2 is 2.38 bits per heavy atom. The third-order valence-electron chi connectivity index (χ3n) is 2.88. The molecule has 2 rings (SSSR count). The highest BCUT2D eigenvalue weighted by Gasteiger charge is 2.08. The second kappa shape index (κ2) is 5.32. The van der Waals surface area contributed by atoms with Gasteiger partial charge in [-0.25, -0.2) is 0 Å². The van der Waals surface area contributed by atoms with Gasteiger partial charge in [-0.2, -0.15) is 0 Å². The first-order valence-electron chi connectivity index (χ1n) is 6.00. The van der Waals surface area contributed by atoms with Gasteiger partial charge in [-0.3, -0.25) is 0 Å². The van der Waals surface area contributed by atoms with E-state index in [0.717, 1.165) is 13.1 Å². The number of nitrogens with one attached hydrogen (secondary N) is 2. The predicted molar refractivity (Wildman–Crippen MR) is 66.6 cm³/mol. The largest absolute Gasteiger partial charge is 0.392 e. The molecule has 0 aromatic heterocycles. The van der Waals surface area contributed by atoms with E-state index in [4.69, 9.17) is 5.11 Å². The smallest absolute Gasteiger partial charge is 0.0636 e. The lowest BCUT2D eigenvalue weighted by molar-refractivity contribution is 0.191. The number of fused-ring (bicyclic) bond motifs is 1. The van der Waals surface area contributed by atoms with E-state index in [1.165, 1.54) is 29.7 Å². The van der Waals surface area contributed by atoms with Crippen LogP contribution < -0.4 is 10.6 Å². The van der Waals surface area contributed by atoms with E-state index < -0.39 is 0 Å². The molecule has 0 spiro atoms. The van der Waals surface area contributed by atoms with Crippen molar-refractivity contribution in [1.29, 1.82) is 0 Å². The van der Waals surface area contributed by atoms with Crippen LogP contribution in [0.15, 0.2) is 18.2 Å². The topological polar surface area (TPSA) is 44.3 Å². The van der Waals surface area contributed by atoms with E-state index >= 15 is 0 Å². The summed E-state index contributed by atoms with van der Waals surface area (Å²) in [6, 6.07) is 6.57. The Morgan fingerprint density at radius 1 is 1.50 bits per heavy atom. The molecule has 16 heavy (non-hydrogen) atoms. The standard InChI is InChI=1S/C13H20N2O/c1-10(16)8-14-9-11-4-5-13-12(7-11)3-2-6-15-13/h4-5,7,10,14-16H,2-3,6,8-9H2,1H3/t10-/m0/s1. The lowest BCUT2D eigenvalue weighted by Crippen LogP contribution is -2.24. The molecule has 0 aliphatic carbocycles. The molecule has 3 N–H and O–H groups in total. The van der Waals surface area contributed by atoms with Crippen molar-refractivity contribution >= 4 is 5.69 Å². The molecule has 1 aromatic rings.